The molecule has 1 saturated heterocycles. The summed E-state index contributed by atoms with van der Waals surface area (Å²) in [6.07, 6.45) is 0.175. The molecule has 0 radical (unpaired) electrons. The Bertz CT molecular complexity index is 329. The van der Waals surface area contributed by atoms with E-state index in [4.69, 9.17) is 9.47 Å². The molecule has 1 N–H and O–H groups in total. The molecule has 17 heavy (non-hydrogen) atoms. The summed E-state index contributed by atoms with van der Waals surface area (Å²) in [5.41, 5.74) is 1.34. The van der Waals surface area contributed by atoms with Gasteiger partial charge < -0.3 is 14.8 Å². The molecule has 0 aromatic heterocycles. The first kappa shape index (κ1) is 12.4. The van der Waals surface area contributed by atoms with Crippen molar-refractivity contribution in [1.82, 2.24) is 5.32 Å². The largest absolute Gasteiger partial charge is 0.491 e. The Balaban J connectivity index is 1.82. The Kier molecular flexibility index (Phi) is 4.40. The van der Waals surface area contributed by atoms with Crippen molar-refractivity contribution in [1.29, 1.82) is 0 Å². The van der Waals surface area contributed by atoms with Gasteiger partial charge in [-0.15, -0.1) is 0 Å². The maximum Gasteiger partial charge on any atom is 0.119 e. The molecule has 1 fully saturated rings. The van der Waals surface area contributed by atoms with Crippen LogP contribution in [-0.2, 0) is 4.74 Å². The van der Waals surface area contributed by atoms with Gasteiger partial charge in [-0.2, -0.15) is 0 Å². The Morgan fingerprint density at radius 2 is 2.12 bits per heavy atom. The maximum atomic E-state index is 5.72. The van der Waals surface area contributed by atoms with Crippen molar-refractivity contribution in [3.8, 4) is 5.75 Å². The number of benzene rings is 1. The molecule has 1 aliphatic heterocycles. The van der Waals surface area contributed by atoms with Crippen molar-refractivity contribution in [3.05, 3.63) is 29.8 Å². The summed E-state index contributed by atoms with van der Waals surface area (Å²) in [6.45, 7) is 7.60. The number of morpholine rings is 1. The van der Waals surface area contributed by atoms with Crippen molar-refractivity contribution < 1.29 is 9.47 Å². The van der Waals surface area contributed by atoms with Crippen molar-refractivity contribution in [3.63, 3.8) is 0 Å². The molecular formula is C14H21NO2. The van der Waals surface area contributed by atoms with Crippen LogP contribution in [0.3, 0.4) is 0 Å². The Morgan fingerprint density at radius 3 is 2.71 bits per heavy atom. The monoisotopic (exact) mass is 235 g/mol. The highest BCUT2D eigenvalue weighted by molar-refractivity contribution is 5.28. The standard InChI is InChI=1S/C14H21NO2/c1-11(2)12-3-5-13(6-4-12)17-10-14-9-15-7-8-16-14/h3-6,11,14-15H,7-10H2,1-2H3. The van der Waals surface area contributed by atoms with Crippen molar-refractivity contribution >= 4 is 0 Å². The van der Waals surface area contributed by atoms with Crippen LogP contribution in [0.1, 0.15) is 25.3 Å². The summed E-state index contributed by atoms with van der Waals surface area (Å²) >= 11 is 0. The normalized spacial score (nSPS) is 20.5. The lowest BCUT2D eigenvalue weighted by atomic mass is 10.0. The molecule has 1 aromatic rings. The van der Waals surface area contributed by atoms with Crippen LogP contribution in [0.25, 0.3) is 0 Å². The van der Waals surface area contributed by atoms with Gasteiger partial charge in [0.15, 0.2) is 0 Å². The van der Waals surface area contributed by atoms with Gasteiger partial charge in [-0.3, -0.25) is 0 Å². The molecule has 94 valence electrons. The van der Waals surface area contributed by atoms with Crippen LogP contribution in [0.2, 0.25) is 0 Å². The molecule has 0 bridgehead atoms. The van der Waals surface area contributed by atoms with E-state index in [2.05, 4.69) is 31.3 Å². The second-order valence-electron chi connectivity index (χ2n) is 4.73. The van der Waals surface area contributed by atoms with E-state index >= 15 is 0 Å². The number of rotatable bonds is 4. The highest BCUT2D eigenvalue weighted by Crippen LogP contribution is 2.18. The van der Waals surface area contributed by atoms with E-state index in [1.165, 1.54) is 5.56 Å². The first-order valence-corrected chi connectivity index (χ1v) is 6.31. The molecule has 0 amide bonds. The molecule has 0 aliphatic carbocycles. The summed E-state index contributed by atoms with van der Waals surface area (Å²) in [5, 5.41) is 3.29. The second-order valence-corrected chi connectivity index (χ2v) is 4.73. The summed E-state index contributed by atoms with van der Waals surface area (Å²) in [4.78, 5) is 0. The topological polar surface area (TPSA) is 30.5 Å². The highest BCUT2D eigenvalue weighted by Gasteiger charge is 2.13. The van der Waals surface area contributed by atoms with Gasteiger partial charge in [-0.05, 0) is 23.6 Å². The third-order valence-electron chi connectivity index (χ3n) is 2.99. The minimum Gasteiger partial charge on any atom is -0.491 e. The molecule has 0 saturated carbocycles. The molecule has 0 spiro atoms. The van der Waals surface area contributed by atoms with Crippen molar-refractivity contribution in [2.75, 3.05) is 26.3 Å². The fourth-order valence-electron chi connectivity index (χ4n) is 1.86. The maximum absolute atomic E-state index is 5.72. The second kappa shape index (κ2) is 6.03. The van der Waals surface area contributed by atoms with Crippen LogP contribution in [0.5, 0.6) is 5.75 Å². The summed E-state index contributed by atoms with van der Waals surface area (Å²) in [6, 6.07) is 8.32. The van der Waals surface area contributed by atoms with Crippen molar-refractivity contribution in [2.45, 2.75) is 25.9 Å². The summed E-state index contributed by atoms with van der Waals surface area (Å²) < 4.78 is 11.3. The Morgan fingerprint density at radius 1 is 1.35 bits per heavy atom. The van der Waals surface area contributed by atoms with E-state index in [1.807, 2.05) is 12.1 Å². The Hall–Kier alpha value is -1.06. The first-order valence-electron chi connectivity index (χ1n) is 6.31. The highest BCUT2D eigenvalue weighted by atomic mass is 16.5. The number of hydrogen-bond acceptors (Lipinski definition) is 3. The van der Waals surface area contributed by atoms with E-state index in [-0.39, 0.29) is 6.10 Å². The predicted molar refractivity (Wildman–Crippen MR) is 68.6 cm³/mol. The van der Waals surface area contributed by atoms with E-state index in [9.17, 15) is 0 Å². The zero-order chi connectivity index (χ0) is 12.1. The fraction of sp³-hybridized carbons (Fsp3) is 0.571. The molecule has 1 aliphatic rings. The zero-order valence-electron chi connectivity index (χ0n) is 10.6. The van der Waals surface area contributed by atoms with Crippen LogP contribution in [0.4, 0.5) is 0 Å². The number of nitrogens with one attached hydrogen (secondary N) is 1. The fourth-order valence-corrected chi connectivity index (χ4v) is 1.86. The lowest BCUT2D eigenvalue weighted by Crippen LogP contribution is -2.41. The van der Waals surface area contributed by atoms with Gasteiger partial charge in [0, 0.05) is 13.1 Å². The third-order valence-corrected chi connectivity index (χ3v) is 2.99. The van der Waals surface area contributed by atoms with E-state index in [0.717, 1.165) is 25.4 Å². The molecule has 3 nitrogen and oxygen atoms in total. The van der Waals surface area contributed by atoms with Gasteiger partial charge in [0.1, 0.15) is 18.5 Å². The average molecular weight is 235 g/mol. The molecule has 1 heterocycles. The lowest BCUT2D eigenvalue weighted by Gasteiger charge is -2.23. The Labute approximate surface area is 103 Å². The average Bonchev–Trinajstić information content (AvgIpc) is 2.38. The van der Waals surface area contributed by atoms with Crippen LogP contribution in [0.15, 0.2) is 24.3 Å². The summed E-state index contributed by atoms with van der Waals surface area (Å²) in [7, 11) is 0. The first-order chi connectivity index (χ1) is 8.25. The quantitative estimate of drug-likeness (QED) is 0.867. The number of hydrogen-bond donors (Lipinski definition) is 1. The van der Waals surface area contributed by atoms with Gasteiger partial charge in [0.25, 0.3) is 0 Å². The van der Waals surface area contributed by atoms with Crippen LogP contribution < -0.4 is 10.1 Å². The lowest BCUT2D eigenvalue weighted by molar-refractivity contribution is 0.000192. The van der Waals surface area contributed by atoms with Crippen LogP contribution in [-0.4, -0.2) is 32.4 Å². The molecule has 2 rings (SSSR count). The van der Waals surface area contributed by atoms with Crippen LogP contribution >= 0.6 is 0 Å². The predicted octanol–water partition coefficient (Wildman–Crippen LogP) is 2.18. The molecule has 1 aromatic carbocycles. The van der Waals surface area contributed by atoms with Gasteiger partial charge in [0.2, 0.25) is 0 Å². The molecular weight excluding hydrogens is 214 g/mol. The number of ether oxygens (including phenoxy) is 2. The summed E-state index contributed by atoms with van der Waals surface area (Å²) in [5.74, 6) is 1.48. The third kappa shape index (κ3) is 3.72. The SMILES string of the molecule is CC(C)c1ccc(OCC2CNCCO2)cc1. The van der Waals surface area contributed by atoms with Gasteiger partial charge in [-0.25, -0.2) is 0 Å². The van der Waals surface area contributed by atoms with Crippen LogP contribution in [0, 0.1) is 0 Å². The minimum absolute atomic E-state index is 0.175. The van der Waals surface area contributed by atoms with E-state index in [0.29, 0.717) is 12.5 Å². The van der Waals surface area contributed by atoms with E-state index in [1.54, 1.807) is 0 Å². The zero-order valence-corrected chi connectivity index (χ0v) is 10.6. The minimum atomic E-state index is 0.175. The smallest absolute Gasteiger partial charge is 0.119 e. The molecule has 3 heteroatoms. The van der Waals surface area contributed by atoms with Crippen molar-refractivity contribution in [2.24, 2.45) is 0 Å². The van der Waals surface area contributed by atoms with Gasteiger partial charge >= 0.3 is 0 Å². The van der Waals surface area contributed by atoms with Gasteiger partial charge in [0.05, 0.1) is 6.61 Å². The molecule has 1 unspecified atom stereocenters. The van der Waals surface area contributed by atoms with E-state index < -0.39 is 0 Å². The molecule has 1 atom stereocenters. The van der Waals surface area contributed by atoms with Gasteiger partial charge in [-0.1, -0.05) is 26.0 Å².